The first-order valence-corrected chi connectivity index (χ1v) is 10.8. The predicted molar refractivity (Wildman–Crippen MR) is 107 cm³/mol. The molecule has 0 aliphatic carbocycles. The number of benzene rings is 1. The van der Waals surface area contributed by atoms with Crippen LogP contribution in [0.1, 0.15) is 40.2 Å². The summed E-state index contributed by atoms with van der Waals surface area (Å²) < 4.78 is 31.2. The smallest absolute Gasteiger partial charge is 0.243 e. The normalized spacial score (nSPS) is 42.6. The molecule has 4 saturated heterocycles. The lowest BCUT2D eigenvalue weighted by Crippen LogP contribution is -2.65. The zero-order valence-electron chi connectivity index (χ0n) is 18.3. The lowest BCUT2D eigenvalue weighted by Gasteiger charge is -2.44. The fraction of sp³-hybridized carbons (Fsp3) is 0.727. The van der Waals surface area contributed by atoms with Crippen LogP contribution in [0.15, 0.2) is 30.3 Å². The van der Waals surface area contributed by atoms with E-state index in [2.05, 4.69) is 24.4 Å². The largest absolute Gasteiger partial charge is 0.348 e. The van der Waals surface area contributed by atoms with E-state index in [0.29, 0.717) is 13.2 Å². The minimum absolute atomic E-state index is 0.189. The van der Waals surface area contributed by atoms with E-state index in [1.165, 1.54) is 5.56 Å². The molecule has 8 nitrogen and oxygen atoms in total. The maximum atomic E-state index is 6.47. The molecule has 0 amide bonds. The average molecular weight is 421 g/mol. The molecule has 30 heavy (non-hydrogen) atoms. The number of hydroxylamine groups is 2. The summed E-state index contributed by atoms with van der Waals surface area (Å²) in [5.74, 6) is -2.65. The van der Waals surface area contributed by atoms with E-state index >= 15 is 0 Å². The van der Waals surface area contributed by atoms with Crippen LogP contribution in [0.5, 0.6) is 0 Å². The van der Waals surface area contributed by atoms with Crippen LogP contribution in [-0.2, 0) is 35.1 Å². The summed E-state index contributed by atoms with van der Waals surface area (Å²) >= 11 is 0. The first kappa shape index (κ1) is 20.8. The Hall–Kier alpha value is -1.10. The van der Waals surface area contributed by atoms with Gasteiger partial charge in [0.2, 0.25) is 5.79 Å². The van der Waals surface area contributed by atoms with Crippen molar-refractivity contribution in [3.05, 3.63) is 35.9 Å². The first-order chi connectivity index (χ1) is 14.2. The van der Waals surface area contributed by atoms with Gasteiger partial charge in [-0.05, 0) is 40.2 Å². The molecule has 4 fully saturated rings. The Labute approximate surface area is 177 Å². The van der Waals surface area contributed by atoms with Gasteiger partial charge in [0.25, 0.3) is 0 Å². The molecule has 1 aromatic rings. The molecule has 0 bridgehead atoms. The summed E-state index contributed by atoms with van der Waals surface area (Å²) in [6.07, 6.45) is -1.57. The van der Waals surface area contributed by atoms with Gasteiger partial charge in [-0.25, -0.2) is 0 Å². The van der Waals surface area contributed by atoms with Crippen molar-refractivity contribution < 1.29 is 28.5 Å². The Morgan fingerprint density at radius 3 is 2.57 bits per heavy atom. The molecule has 1 aromatic carbocycles. The van der Waals surface area contributed by atoms with Gasteiger partial charge < -0.3 is 23.7 Å². The zero-order chi connectivity index (χ0) is 21.1. The van der Waals surface area contributed by atoms with Gasteiger partial charge in [-0.1, -0.05) is 30.3 Å². The van der Waals surface area contributed by atoms with Crippen molar-refractivity contribution in [2.75, 3.05) is 13.2 Å². The zero-order valence-corrected chi connectivity index (χ0v) is 18.3. The highest BCUT2D eigenvalue weighted by molar-refractivity contribution is 5.14. The minimum Gasteiger partial charge on any atom is -0.348 e. The number of nitrogens with one attached hydrogen (secondary N) is 1. The summed E-state index contributed by atoms with van der Waals surface area (Å²) in [5.41, 5.74) is 1.18. The van der Waals surface area contributed by atoms with Gasteiger partial charge in [0.1, 0.15) is 18.3 Å². The number of rotatable bonds is 3. The van der Waals surface area contributed by atoms with Crippen LogP contribution < -0.4 is 5.32 Å². The van der Waals surface area contributed by atoms with Gasteiger partial charge in [0.05, 0.1) is 6.61 Å². The summed E-state index contributed by atoms with van der Waals surface area (Å²) in [6.45, 7) is 11.5. The molecule has 166 valence electrons. The van der Waals surface area contributed by atoms with Gasteiger partial charge in [0, 0.05) is 19.1 Å². The van der Waals surface area contributed by atoms with Crippen LogP contribution in [0.2, 0.25) is 0 Å². The predicted octanol–water partition coefficient (Wildman–Crippen LogP) is 2.14. The van der Waals surface area contributed by atoms with Crippen LogP contribution in [0.4, 0.5) is 0 Å². The summed E-state index contributed by atoms with van der Waals surface area (Å²) in [7, 11) is 0. The molecule has 0 saturated carbocycles. The highest BCUT2D eigenvalue weighted by Crippen LogP contribution is 2.51. The number of fused-ring (bicyclic) bond motifs is 3. The maximum Gasteiger partial charge on any atom is 0.243 e. The van der Waals surface area contributed by atoms with E-state index in [-0.39, 0.29) is 18.2 Å². The van der Waals surface area contributed by atoms with Crippen molar-refractivity contribution in [2.45, 2.75) is 89.1 Å². The molecule has 0 aromatic heterocycles. The van der Waals surface area contributed by atoms with Crippen LogP contribution in [0.25, 0.3) is 0 Å². The van der Waals surface area contributed by atoms with Crippen molar-refractivity contribution in [2.24, 2.45) is 0 Å². The number of hydrogen-bond acceptors (Lipinski definition) is 8. The minimum atomic E-state index is -1.13. The van der Waals surface area contributed by atoms with Crippen molar-refractivity contribution >= 4 is 0 Å². The van der Waals surface area contributed by atoms with Crippen molar-refractivity contribution in [3.8, 4) is 0 Å². The molecule has 4 heterocycles. The van der Waals surface area contributed by atoms with Gasteiger partial charge in [-0.2, -0.15) is 5.06 Å². The molecular weight excluding hydrogens is 388 g/mol. The van der Waals surface area contributed by atoms with E-state index in [0.717, 1.165) is 6.54 Å². The Morgan fingerprint density at radius 1 is 1.03 bits per heavy atom. The molecule has 6 atom stereocenters. The molecular formula is C22H32N2O6. The third-order valence-electron chi connectivity index (χ3n) is 6.11. The maximum absolute atomic E-state index is 6.47. The van der Waals surface area contributed by atoms with E-state index < -0.39 is 29.7 Å². The van der Waals surface area contributed by atoms with E-state index in [9.17, 15) is 0 Å². The second-order valence-electron chi connectivity index (χ2n) is 9.51. The summed E-state index contributed by atoms with van der Waals surface area (Å²) in [5, 5.41) is 5.46. The first-order valence-electron chi connectivity index (χ1n) is 10.8. The highest BCUT2D eigenvalue weighted by Gasteiger charge is 2.71. The lowest BCUT2D eigenvalue weighted by molar-refractivity contribution is -0.373. The third-order valence-corrected chi connectivity index (χ3v) is 6.11. The lowest BCUT2D eigenvalue weighted by atomic mass is 10.0. The fourth-order valence-corrected chi connectivity index (χ4v) is 4.74. The Morgan fingerprint density at radius 2 is 1.80 bits per heavy atom. The monoisotopic (exact) mass is 420 g/mol. The van der Waals surface area contributed by atoms with Gasteiger partial charge in [0.15, 0.2) is 17.8 Å². The van der Waals surface area contributed by atoms with Gasteiger partial charge in [-0.3, -0.25) is 10.2 Å². The van der Waals surface area contributed by atoms with Gasteiger partial charge >= 0.3 is 0 Å². The van der Waals surface area contributed by atoms with Crippen molar-refractivity contribution in [1.82, 2.24) is 10.4 Å². The topological polar surface area (TPSA) is 70.7 Å². The second kappa shape index (κ2) is 7.21. The van der Waals surface area contributed by atoms with Crippen LogP contribution in [-0.4, -0.2) is 66.2 Å². The van der Waals surface area contributed by atoms with Crippen molar-refractivity contribution in [3.63, 3.8) is 0 Å². The van der Waals surface area contributed by atoms with E-state index in [1.54, 1.807) is 0 Å². The number of ether oxygens (including phenoxy) is 5. The molecule has 5 rings (SSSR count). The van der Waals surface area contributed by atoms with Gasteiger partial charge in [-0.15, -0.1) is 0 Å². The molecule has 0 unspecified atom stereocenters. The molecule has 0 radical (unpaired) electrons. The highest BCUT2D eigenvalue weighted by atomic mass is 16.9. The molecule has 8 heteroatoms. The second-order valence-corrected chi connectivity index (χ2v) is 9.51. The van der Waals surface area contributed by atoms with Crippen LogP contribution in [0.3, 0.4) is 0 Å². The molecule has 0 spiro atoms. The Bertz CT molecular complexity index is 774. The van der Waals surface area contributed by atoms with Crippen LogP contribution in [0, 0.1) is 0 Å². The molecule has 4 aliphatic heterocycles. The van der Waals surface area contributed by atoms with E-state index in [4.69, 9.17) is 28.5 Å². The molecule has 4 aliphatic rings. The third kappa shape index (κ3) is 3.59. The summed E-state index contributed by atoms with van der Waals surface area (Å²) in [6, 6.07) is 10.5. The standard InChI is InChI=1S/C22H32N2O6/c1-14-11-23-19(29-24(14)12-15-9-7-6-8-10-15)22-18(28-21(4,5)30-22)17-16(26-22)13-25-20(2,3)27-17/h6-10,14,16-19,23H,11-13H2,1-5H3/t14-,16+,17-,18+,19-,22-/m1/s1. The fourth-order valence-electron chi connectivity index (χ4n) is 4.74. The number of hydrogen-bond donors (Lipinski definition) is 1. The summed E-state index contributed by atoms with van der Waals surface area (Å²) in [4.78, 5) is 6.44. The molecule has 1 N–H and O–H groups in total. The number of nitrogens with zero attached hydrogens (tertiary/aromatic N) is 1. The quantitative estimate of drug-likeness (QED) is 0.798. The SMILES string of the molecule is C[C@@H]1CN[C@@H]([C@@]23O[C@H]4COC(C)(C)O[C@H]4[C@@H]2OC(C)(C)O3)ON1Cc1ccccc1. The van der Waals surface area contributed by atoms with Crippen molar-refractivity contribution in [1.29, 1.82) is 0 Å². The average Bonchev–Trinajstić information content (AvgIpc) is 3.12. The van der Waals surface area contributed by atoms with Crippen LogP contribution >= 0.6 is 0 Å². The van der Waals surface area contributed by atoms with E-state index in [1.807, 2.05) is 51.0 Å². The Balaban J connectivity index is 1.41. The Kier molecular flexibility index (Phi) is 5.00.